The van der Waals surface area contributed by atoms with Crippen LogP contribution < -0.4 is 10.2 Å². The second kappa shape index (κ2) is 6.02. The van der Waals surface area contributed by atoms with Crippen molar-refractivity contribution in [3.05, 3.63) is 36.0 Å². The van der Waals surface area contributed by atoms with Gasteiger partial charge in [0.2, 0.25) is 5.82 Å². The number of furan rings is 1. The molecule has 1 N–H and O–H groups in total. The average molecular weight is 300 g/mol. The second-order valence-corrected chi connectivity index (χ2v) is 4.45. The number of hydrogen-bond acceptors (Lipinski definition) is 5. The summed E-state index contributed by atoms with van der Waals surface area (Å²) < 4.78 is 43.5. The highest BCUT2D eigenvalue weighted by Crippen LogP contribution is 2.29. The molecular weight excluding hydrogens is 285 g/mol. The first-order valence-electron chi connectivity index (χ1n) is 6.32. The molecule has 2 heterocycles. The Hall–Kier alpha value is -2.25. The number of hydrogen-bond donors (Lipinski definition) is 1. The minimum Gasteiger partial charge on any atom is -0.472 e. The average Bonchev–Trinajstić information content (AvgIpc) is 2.90. The first kappa shape index (κ1) is 15.1. The van der Waals surface area contributed by atoms with Gasteiger partial charge in [-0.15, -0.1) is 0 Å². The van der Waals surface area contributed by atoms with Crippen molar-refractivity contribution >= 4 is 11.6 Å². The van der Waals surface area contributed by atoms with Gasteiger partial charge in [-0.25, -0.2) is 9.97 Å². The van der Waals surface area contributed by atoms with Crippen molar-refractivity contribution in [2.45, 2.75) is 19.6 Å². The van der Waals surface area contributed by atoms with Gasteiger partial charge in [0.1, 0.15) is 11.6 Å². The number of aromatic nitrogens is 2. The zero-order chi connectivity index (χ0) is 15.5. The summed E-state index contributed by atoms with van der Waals surface area (Å²) >= 11 is 0. The van der Waals surface area contributed by atoms with Gasteiger partial charge >= 0.3 is 6.18 Å². The maximum absolute atomic E-state index is 12.8. The molecule has 0 amide bonds. The number of rotatable bonds is 5. The van der Waals surface area contributed by atoms with Crippen LogP contribution in [0.1, 0.15) is 18.3 Å². The van der Waals surface area contributed by atoms with Crippen LogP contribution in [0.15, 0.2) is 29.1 Å². The summed E-state index contributed by atoms with van der Waals surface area (Å²) in [4.78, 5) is 8.67. The van der Waals surface area contributed by atoms with Crippen LogP contribution in [0.3, 0.4) is 0 Å². The molecule has 0 aliphatic carbocycles. The van der Waals surface area contributed by atoms with Gasteiger partial charge in [-0.2, -0.15) is 13.2 Å². The van der Waals surface area contributed by atoms with Crippen LogP contribution in [0.4, 0.5) is 24.8 Å². The zero-order valence-corrected chi connectivity index (χ0v) is 11.6. The molecule has 0 atom stereocenters. The Morgan fingerprint density at radius 1 is 1.33 bits per heavy atom. The quantitative estimate of drug-likeness (QED) is 0.919. The Morgan fingerprint density at radius 3 is 2.67 bits per heavy atom. The Balaban J connectivity index is 2.30. The van der Waals surface area contributed by atoms with Crippen LogP contribution in [-0.2, 0) is 12.7 Å². The van der Waals surface area contributed by atoms with Crippen LogP contribution in [-0.4, -0.2) is 23.6 Å². The highest BCUT2D eigenvalue weighted by atomic mass is 19.4. The molecule has 114 valence electrons. The molecule has 0 fully saturated rings. The van der Waals surface area contributed by atoms with E-state index in [4.69, 9.17) is 4.42 Å². The second-order valence-electron chi connectivity index (χ2n) is 4.45. The Morgan fingerprint density at radius 2 is 2.10 bits per heavy atom. The van der Waals surface area contributed by atoms with Crippen molar-refractivity contribution in [3.8, 4) is 0 Å². The Bertz CT molecular complexity index is 584. The summed E-state index contributed by atoms with van der Waals surface area (Å²) in [6.07, 6.45) is -1.54. The summed E-state index contributed by atoms with van der Waals surface area (Å²) in [6.45, 7) is 2.64. The lowest BCUT2D eigenvalue weighted by molar-refractivity contribution is -0.144. The molecule has 0 aliphatic heterocycles. The van der Waals surface area contributed by atoms with Crippen molar-refractivity contribution in [3.63, 3.8) is 0 Å². The third-order valence-electron chi connectivity index (χ3n) is 2.72. The fourth-order valence-corrected chi connectivity index (χ4v) is 1.77. The molecule has 2 aromatic rings. The molecule has 0 radical (unpaired) electrons. The molecule has 2 rings (SSSR count). The summed E-state index contributed by atoms with van der Waals surface area (Å²) in [7, 11) is 1.66. The summed E-state index contributed by atoms with van der Waals surface area (Å²) in [5, 5.41) is 2.78. The van der Waals surface area contributed by atoms with E-state index in [2.05, 4.69) is 15.3 Å². The van der Waals surface area contributed by atoms with E-state index in [1.807, 2.05) is 0 Å². The molecule has 0 aromatic carbocycles. The summed E-state index contributed by atoms with van der Waals surface area (Å²) in [5.41, 5.74) is 0.842. The number of halogens is 3. The van der Waals surface area contributed by atoms with Gasteiger partial charge in [0, 0.05) is 31.8 Å². The van der Waals surface area contributed by atoms with Gasteiger partial charge in [-0.05, 0) is 13.0 Å². The SMILES string of the molecule is CCNc1cc(N(C)Cc2ccoc2)nc(C(F)(F)F)n1. The molecule has 0 unspecified atom stereocenters. The van der Waals surface area contributed by atoms with Crippen molar-refractivity contribution in [1.29, 1.82) is 0 Å². The van der Waals surface area contributed by atoms with Crippen LogP contribution in [0, 0.1) is 0 Å². The molecule has 21 heavy (non-hydrogen) atoms. The van der Waals surface area contributed by atoms with Crippen LogP contribution in [0.5, 0.6) is 0 Å². The van der Waals surface area contributed by atoms with Gasteiger partial charge in [0.05, 0.1) is 12.5 Å². The van der Waals surface area contributed by atoms with Crippen molar-refractivity contribution < 1.29 is 17.6 Å². The van der Waals surface area contributed by atoms with Gasteiger partial charge in [0.25, 0.3) is 0 Å². The minimum absolute atomic E-state index is 0.147. The molecule has 0 spiro atoms. The van der Waals surface area contributed by atoms with E-state index in [1.54, 1.807) is 24.9 Å². The summed E-state index contributed by atoms with van der Waals surface area (Å²) in [6, 6.07) is 3.23. The fraction of sp³-hybridized carbons (Fsp3) is 0.385. The Kier molecular flexibility index (Phi) is 4.35. The third kappa shape index (κ3) is 3.87. The summed E-state index contributed by atoms with van der Waals surface area (Å²) in [5.74, 6) is -0.821. The monoisotopic (exact) mass is 300 g/mol. The van der Waals surface area contributed by atoms with E-state index in [0.717, 1.165) is 5.56 Å². The number of alkyl halides is 3. The highest BCUT2D eigenvalue weighted by Gasteiger charge is 2.35. The van der Waals surface area contributed by atoms with Crippen LogP contribution in [0.2, 0.25) is 0 Å². The predicted molar refractivity (Wildman–Crippen MR) is 72.0 cm³/mol. The number of anilines is 2. The highest BCUT2D eigenvalue weighted by molar-refractivity contribution is 5.49. The third-order valence-corrected chi connectivity index (χ3v) is 2.72. The zero-order valence-electron chi connectivity index (χ0n) is 11.6. The minimum atomic E-state index is -4.59. The standard InChI is InChI=1S/C13H15F3N4O/c1-3-17-10-6-11(19-12(18-10)13(14,15)16)20(2)7-9-4-5-21-8-9/h4-6,8H,3,7H2,1-2H3,(H,17,18,19). The molecule has 5 nitrogen and oxygen atoms in total. The van der Waals surface area contributed by atoms with E-state index < -0.39 is 12.0 Å². The number of nitrogens with zero attached hydrogens (tertiary/aromatic N) is 3. The normalized spacial score (nSPS) is 11.5. The van der Waals surface area contributed by atoms with Gasteiger partial charge < -0.3 is 14.6 Å². The van der Waals surface area contributed by atoms with Crippen molar-refractivity contribution in [2.24, 2.45) is 0 Å². The molecule has 0 saturated heterocycles. The first-order valence-corrected chi connectivity index (χ1v) is 6.32. The number of nitrogens with one attached hydrogen (secondary N) is 1. The van der Waals surface area contributed by atoms with Gasteiger partial charge in [-0.1, -0.05) is 0 Å². The molecule has 0 aliphatic rings. The van der Waals surface area contributed by atoms with Gasteiger partial charge in [-0.3, -0.25) is 0 Å². The smallest absolute Gasteiger partial charge is 0.451 e. The topological polar surface area (TPSA) is 54.2 Å². The molecule has 0 saturated carbocycles. The van der Waals surface area contributed by atoms with Crippen LogP contribution >= 0.6 is 0 Å². The first-order chi connectivity index (χ1) is 9.90. The maximum Gasteiger partial charge on any atom is 0.451 e. The van der Waals surface area contributed by atoms with E-state index >= 15 is 0 Å². The predicted octanol–water partition coefficient (Wildman–Crippen LogP) is 3.16. The molecule has 0 bridgehead atoms. The van der Waals surface area contributed by atoms with E-state index in [0.29, 0.717) is 13.1 Å². The van der Waals surface area contributed by atoms with Gasteiger partial charge in [0.15, 0.2) is 0 Å². The lowest BCUT2D eigenvalue weighted by atomic mass is 10.3. The van der Waals surface area contributed by atoms with E-state index in [-0.39, 0.29) is 11.6 Å². The lowest BCUT2D eigenvalue weighted by Gasteiger charge is -2.19. The molecule has 2 aromatic heterocycles. The van der Waals surface area contributed by atoms with Crippen molar-refractivity contribution in [1.82, 2.24) is 9.97 Å². The maximum atomic E-state index is 12.8. The van der Waals surface area contributed by atoms with Crippen LogP contribution in [0.25, 0.3) is 0 Å². The molecule has 8 heteroatoms. The van der Waals surface area contributed by atoms with E-state index in [1.165, 1.54) is 18.6 Å². The lowest BCUT2D eigenvalue weighted by Crippen LogP contribution is -2.21. The molecular formula is C13H15F3N4O. The Labute approximate surface area is 119 Å². The van der Waals surface area contributed by atoms with Crippen molar-refractivity contribution in [2.75, 3.05) is 23.8 Å². The van der Waals surface area contributed by atoms with E-state index in [9.17, 15) is 13.2 Å². The fourth-order valence-electron chi connectivity index (χ4n) is 1.77. The largest absolute Gasteiger partial charge is 0.472 e.